The Labute approximate surface area is 127 Å². The Morgan fingerprint density at radius 2 is 1.57 bits per heavy atom. The van der Waals surface area contributed by atoms with Crippen LogP contribution in [-0.4, -0.2) is 43.0 Å². The lowest BCUT2D eigenvalue weighted by Crippen LogP contribution is -2.39. The Balaban J connectivity index is 0.000000342. The highest BCUT2D eigenvalue weighted by Crippen LogP contribution is 2.03. The molecule has 1 aromatic rings. The predicted molar refractivity (Wildman–Crippen MR) is 85.2 cm³/mol. The van der Waals surface area contributed by atoms with Gasteiger partial charge in [-0.3, -0.25) is 9.59 Å². The zero-order valence-corrected chi connectivity index (χ0v) is 13.4. The molecule has 1 heterocycles. The van der Waals surface area contributed by atoms with Crippen molar-refractivity contribution in [1.29, 1.82) is 0 Å². The van der Waals surface area contributed by atoms with Crippen molar-refractivity contribution < 1.29 is 14.3 Å². The van der Waals surface area contributed by atoms with Crippen LogP contribution in [0.5, 0.6) is 0 Å². The lowest BCUT2D eigenvalue weighted by molar-refractivity contribution is -0.132. The van der Waals surface area contributed by atoms with Crippen molar-refractivity contribution in [2.75, 3.05) is 31.6 Å². The summed E-state index contributed by atoms with van der Waals surface area (Å²) in [7, 11) is 0. The molecule has 0 atom stereocenters. The fraction of sp³-hybridized carbons (Fsp3) is 0.500. The normalized spacial score (nSPS) is 13.0. The van der Waals surface area contributed by atoms with Gasteiger partial charge in [0.2, 0.25) is 11.8 Å². The Bertz CT molecular complexity index is 401. The van der Waals surface area contributed by atoms with E-state index in [0.29, 0.717) is 13.2 Å². The second-order valence-corrected chi connectivity index (χ2v) is 4.17. The largest absolute Gasteiger partial charge is 0.378 e. The topological polar surface area (TPSA) is 58.6 Å². The third-order valence-electron chi connectivity index (χ3n) is 2.55. The van der Waals surface area contributed by atoms with Gasteiger partial charge in [-0.15, -0.1) is 0 Å². The van der Waals surface area contributed by atoms with E-state index < -0.39 is 0 Å². The molecule has 2 amide bonds. The number of carbonyl (C=O) groups is 2. The molecular weight excluding hydrogens is 268 g/mol. The van der Waals surface area contributed by atoms with Gasteiger partial charge >= 0.3 is 0 Å². The number of nitrogens with zero attached hydrogens (tertiary/aromatic N) is 1. The maximum Gasteiger partial charge on any atom is 0.221 e. The number of benzene rings is 1. The minimum absolute atomic E-state index is 0.0359. The number of ether oxygens (including phenoxy) is 1. The van der Waals surface area contributed by atoms with Crippen LogP contribution >= 0.6 is 0 Å². The van der Waals surface area contributed by atoms with E-state index in [1.165, 1.54) is 6.92 Å². The van der Waals surface area contributed by atoms with Crippen molar-refractivity contribution in [2.24, 2.45) is 0 Å². The van der Waals surface area contributed by atoms with Gasteiger partial charge < -0.3 is 15.0 Å². The van der Waals surface area contributed by atoms with Gasteiger partial charge in [-0.1, -0.05) is 32.0 Å². The van der Waals surface area contributed by atoms with Gasteiger partial charge in [0.15, 0.2) is 0 Å². The van der Waals surface area contributed by atoms with Crippen LogP contribution in [0.1, 0.15) is 27.7 Å². The van der Waals surface area contributed by atoms with Crippen LogP contribution in [0.3, 0.4) is 0 Å². The summed E-state index contributed by atoms with van der Waals surface area (Å²) in [6, 6.07) is 9.37. The maximum atomic E-state index is 10.7. The average molecular weight is 294 g/mol. The number of hydrogen-bond acceptors (Lipinski definition) is 3. The molecule has 0 saturated carbocycles. The lowest BCUT2D eigenvalue weighted by Gasteiger charge is -2.25. The first kappa shape index (κ1) is 19.1. The molecule has 21 heavy (non-hydrogen) atoms. The van der Waals surface area contributed by atoms with E-state index in [9.17, 15) is 9.59 Å². The smallest absolute Gasteiger partial charge is 0.221 e. The molecule has 0 spiro atoms. The van der Waals surface area contributed by atoms with Gasteiger partial charge in [0, 0.05) is 32.6 Å². The molecule has 2 rings (SSSR count). The first-order valence-corrected chi connectivity index (χ1v) is 7.25. The van der Waals surface area contributed by atoms with E-state index in [2.05, 4.69) is 5.32 Å². The van der Waals surface area contributed by atoms with Crippen molar-refractivity contribution in [2.45, 2.75) is 27.7 Å². The van der Waals surface area contributed by atoms with Crippen molar-refractivity contribution in [3.63, 3.8) is 0 Å². The van der Waals surface area contributed by atoms with Crippen molar-refractivity contribution in [3.05, 3.63) is 30.3 Å². The van der Waals surface area contributed by atoms with E-state index >= 15 is 0 Å². The molecule has 0 aromatic heterocycles. The SMILES string of the molecule is CC.CC(=O)N1CCOCC1.CC(=O)Nc1ccccc1. The summed E-state index contributed by atoms with van der Waals surface area (Å²) in [6.07, 6.45) is 0. The number of amides is 2. The first-order chi connectivity index (χ1) is 10.1. The van der Waals surface area contributed by atoms with Gasteiger partial charge in [0.1, 0.15) is 0 Å². The average Bonchev–Trinajstić information content (AvgIpc) is 2.51. The minimum atomic E-state index is -0.0359. The van der Waals surface area contributed by atoms with E-state index in [4.69, 9.17) is 4.74 Å². The zero-order valence-electron chi connectivity index (χ0n) is 13.4. The molecule has 0 unspecified atom stereocenters. The highest BCUT2D eigenvalue weighted by molar-refractivity contribution is 5.88. The molecular formula is C16H26N2O3. The monoisotopic (exact) mass is 294 g/mol. The van der Waals surface area contributed by atoms with E-state index in [0.717, 1.165) is 18.8 Å². The molecule has 1 aliphatic heterocycles. The molecule has 5 nitrogen and oxygen atoms in total. The summed E-state index contributed by atoms with van der Waals surface area (Å²) < 4.78 is 5.06. The van der Waals surface area contributed by atoms with Crippen molar-refractivity contribution in [3.8, 4) is 0 Å². The number of anilines is 1. The molecule has 1 N–H and O–H groups in total. The summed E-state index contributed by atoms with van der Waals surface area (Å²) >= 11 is 0. The minimum Gasteiger partial charge on any atom is -0.378 e. The van der Waals surface area contributed by atoms with Crippen LogP contribution in [0.4, 0.5) is 5.69 Å². The van der Waals surface area contributed by atoms with Crippen LogP contribution in [0, 0.1) is 0 Å². The maximum absolute atomic E-state index is 10.7. The number of nitrogens with one attached hydrogen (secondary N) is 1. The number of hydrogen-bond donors (Lipinski definition) is 1. The van der Waals surface area contributed by atoms with Crippen LogP contribution in [0.25, 0.3) is 0 Å². The Hall–Kier alpha value is -1.88. The third-order valence-corrected chi connectivity index (χ3v) is 2.55. The Morgan fingerprint density at radius 3 is 1.95 bits per heavy atom. The highest BCUT2D eigenvalue weighted by atomic mass is 16.5. The summed E-state index contributed by atoms with van der Waals surface area (Å²) in [4.78, 5) is 23.0. The zero-order chi connectivity index (χ0) is 16.1. The summed E-state index contributed by atoms with van der Waals surface area (Å²) in [5, 5.41) is 2.67. The molecule has 1 aliphatic rings. The van der Waals surface area contributed by atoms with E-state index in [-0.39, 0.29) is 11.8 Å². The molecule has 0 aliphatic carbocycles. The highest BCUT2D eigenvalue weighted by Gasteiger charge is 2.11. The molecule has 1 fully saturated rings. The van der Waals surface area contributed by atoms with Crippen LogP contribution < -0.4 is 5.32 Å². The van der Waals surface area contributed by atoms with Gasteiger partial charge in [-0.05, 0) is 12.1 Å². The van der Waals surface area contributed by atoms with Crippen LogP contribution in [0.2, 0.25) is 0 Å². The second-order valence-electron chi connectivity index (χ2n) is 4.17. The standard InChI is InChI=1S/C8H9NO.C6H11NO2.C2H6/c1-7(10)9-8-5-3-2-4-6-8;1-6(8)7-2-4-9-5-3-7;1-2/h2-6H,1H3,(H,9,10);2-5H2,1H3;1-2H3. The number of carbonyl (C=O) groups excluding carboxylic acids is 2. The second kappa shape index (κ2) is 11.9. The predicted octanol–water partition coefficient (Wildman–Crippen LogP) is 2.54. The fourth-order valence-corrected chi connectivity index (χ4v) is 1.60. The van der Waals surface area contributed by atoms with Gasteiger partial charge in [0.25, 0.3) is 0 Å². The Kier molecular flexibility index (Phi) is 10.8. The molecule has 1 saturated heterocycles. The summed E-state index contributed by atoms with van der Waals surface area (Å²) in [6.45, 7) is 9.99. The van der Waals surface area contributed by atoms with Crippen molar-refractivity contribution in [1.82, 2.24) is 4.90 Å². The number of morpholine rings is 1. The van der Waals surface area contributed by atoms with E-state index in [1.807, 2.05) is 44.2 Å². The summed E-state index contributed by atoms with van der Waals surface area (Å²) in [5.41, 5.74) is 0.843. The lowest BCUT2D eigenvalue weighted by atomic mass is 10.3. The number of rotatable bonds is 1. The van der Waals surface area contributed by atoms with E-state index in [1.54, 1.807) is 11.8 Å². The Morgan fingerprint density at radius 1 is 1.05 bits per heavy atom. The van der Waals surface area contributed by atoms with Gasteiger partial charge in [-0.25, -0.2) is 0 Å². The van der Waals surface area contributed by atoms with Crippen LogP contribution in [0.15, 0.2) is 30.3 Å². The van der Waals surface area contributed by atoms with Crippen LogP contribution in [-0.2, 0) is 14.3 Å². The fourth-order valence-electron chi connectivity index (χ4n) is 1.60. The molecule has 1 aromatic carbocycles. The van der Waals surface area contributed by atoms with Crippen molar-refractivity contribution >= 4 is 17.5 Å². The van der Waals surface area contributed by atoms with Gasteiger partial charge in [0.05, 0.1) is 13.2 Å². The molecule has 5 heteroatoms. The molecule has 0 radical (unpaired) electrons. The molecule has 118 valence electrons. The first-order valence-electron chi connectivity index (χ1n) is 7.25. The summed E-state index contributed by atoms with van der Waals surface area (Å²) in [5.74, 6) is 0.115. The quantitative estimate of drug-likeness (QED) is 0.866. The third kappa shape index (κ3) is 9.62. The number of para-hydroxylation sites is 1. The van der Waals surface area contributed by atoms with Gasteiger partial charge in [-0.2, -0.15) is 0 Å². The molecule has 0 bridgehead atoms.